The van der Waals surface area contributed by atoms with Crippen molar-refractivity contribution in [2.24, 2.45) is 0 Å². The molecule has 0 aliphatic carbocycles. The van der Waals surface area contributed by atoms with Gasteiger partial charge in [0, 0.05) is 32.7 Å². The Hall–Kier alpha value is -1.39. The summed E-state index contributed by atoms with van der Waals surface area (Å²) in [5, 5.41) is 6.51. The lowest BCUT2D eigenvalue weighted by molar-refractivity contribution is -0.134. The van der Waals surface area contributed by atoms with Gasteiger partial charge in [-0.05, 0) is 12.5 Å². The summed E-state index contributed by atoms with van der Waals surface area (Å²) in [6.07, 6.45) is 0. The molecule has 1 fully saturated rings. The Morgan fingerprint density at radius 3 is 2.72 bits per heavy atom. The van der Waals surface area contributed by atoms with Crippen LogP contribution in [-0.2, 0) is 11.3 Å². The first-order chi connectivity index (χ1) is 8.81. The van der Waals surface area contributed by atoms with Gasteiger partial charge in [-0.25, -0.2) is 0 Å². The number of hydrogen-bond acceptors (Lipinski definition) is 3. The summed E-state index contributed by atoms with van der Waals surface area (Å²) in [4.78, 5) is 14.3. The number of piperazine rings is 1. The van der Waals surface area contributed by atoms with Gasteiger partial charge in [-0.15, -0.1) is 0 Å². The number of carbonyl (C=O) groups excluding carboxylic acids is 1. The summed E-state index contributed by atoms with van der Waals surface area (Å²) < 4.78 is 0. The Labute approximate surface area is 108 Å². The highest BCUT2D eigenvalue weighted by molar-refractivity contribution is 5.82. The summed E-state index contributed by atoms with van der Waals surface area (Å²) in [5.74, 6) is 0.188. The van der Waals surface area contributed by atoms with E-state index in [9.17, 15) is 4.79 Å². The molecule has 1 unspecified atom stereocenters. The van der Waals surface area contributed by atoms with Crippen LogP contribution >= 0.6 is 0 Å². The molecule has 0 saturated carbocycles. The summed E-state index contributed by atoms with van der Waals surface area (Å²) >= 11 is 0. The van der Waals surface area contributed by atoms with Gasteiger partial charge in [-0.2, -0.15) is 0 Å². The number of hydrogen-bond donors (Lipinski definition) is 2. The molecule has 2 N–H and O–H groups in total. The van der Waals surface area contributed by atoms with Crippen molar-refractivity contribution in [2.45, 2.75) is 19.5 Å². The minimum Gasteiger partial charge on any atom is -0.337 e. The van der Waals surface area contributed by atoms with Crippen molar-refractivity contribution >= 4 is 5.91 Å². The van der Waals surface area contributed by atoms with Crippen LogP contribution in [0.2, 0.25) is 0 Å². The third kappa shape index (κ3) is 3.31. The molecule has 0 aromatic heterocycles. The van der Waals surface area contributed by atoms with Crippen molar-refractivity contribution in [1.29, 1.82) is 0 Å². The summed E-state index contributed by atoms with van der Waals surface area (Å²) in [6, 6.07) is 10.0. The highest BCUT2D eigenvalue weighted by atomic mass is 16.2. The van der Waals surface area contributed by atoms with Crippen LogP contribution in [0.4, 0.5) is 0 Å². The van der Waals surface area contributed by atoms with Crippen molar-refractivity contribution < 1.29 is 4.79 Å². The van der Waals surface area contributed by atoms with Gasteiger partial charge < -0.3 is 15.5 Å². The van der Waals surface area contributed by atoms with Crippen molar-refractivity contribution in [3.8, 4) is 0 Å². The minimum absolute atomic E-state index is 0.0811. The Kier molecular flexibility index (Phi) is 4.73. The van der Waals surface area contributed by atoms with Gasteiger partial charge in [0.2, 0.25) is 5.91 Å². The third-order valence-electron chi connectivity index (χ3n) is 3.25. The van der Waals surface area contributed by atoms with Crippen molar-refractivity contribution in [3.63, 3.8) is 0 Å². The maximum absolute atomic E-state index is 12.4. The van der Waals surface area contributed by atoms with Crippen LogP contribution in [0.3, 0.4) is 0 Å². The van der Waals surface area contributed by atoms with E-state index in [0.29, 0.717) is 6.54 Å². The molecule has 1 saturated heterocycles. The second-order valence-electron chi connectivity index (χ2n) is 4.55. The van der Waals surface area contributed by atoms with E-state index >= 15 is 0 Å². The van der Waals surface area contributed by atoms with E-state index in [1.807, 2.05) is 30.0 Å². The minimum atomic E-state index is -0.0811. The van der Waals surface area contributed by atoms with Crippen LogP contribution in [0.5, 0.6) is 0 Å². The molecule has 4 heteroatoms. The van der Waals surface area contributed by atoms with E-state index in [1.54, 1.807) is 0 Å². The molecular weight excluding hydrogens is 226 g/mol. The average Bonchev–Trinajstić information content (AvgIpc) is 2.46. The second-order valence-corrected chi connectivity index (χ2v) is 4.55. The molecule has 1 aliphatic rings. The fraction of sp³-hybridized carbons (Fsp3) is 0.500. The lowest BCUT2D eigenvalue weighted by Crippen LogP contribution is -2.56. The van der Waals surface area contributed by atoms with E-state index in [4.69, 9.17) is 0 Å². The second kappa shape index (κ2) is 6.52. The van der Waals surface area contributed by atoms with Gasteiger partial charge in [0.1, 0.15) is 0 Å². The smallest absolute Gasteiger partial charge is 0.241 e. The maximum atomic E-state index is 12.4. The predicted molar refractivity (Wildman–Crippen MR) is 72.2 cm³/mol. The van der Waals surface area contributed by atoms with Crippen molar-refractivity contribution in [3.05, 3.63) is 35.9 Å². The summed E-state index contributed by atoms with van der Waals surface area (Å²) in [7, 11) is 0. The van der Waals surface area contributed by atoms with E-state index in [-0.39, 0.29) is 11.9 Å². The maximum Gasteiger partial charge on any atom is 0.241 e. The van der Waals surface area contributed by atoms with Crippen molar-refractivity contribution in [1.82, 2.24) is 15.5 Å². The number of likely N-dealkylation sites (N-methyl/N-ethyl adjacent to an activating group) is 1. The fourth-order valence-corrected chi connectivity index (χ4v) is 2.20. The Balaban J connectivity index is 1.97. The lowest BCUT2D eigenvalue weighted by Gasteiger charge is -2.29. The van der Waals surface area contributed by atoms with Gasteiger partial charge in [-0.3, -0.25) is 4.79 Å². The first-order valence-electron chi connectivity index (χ1n) is 6.58. The number of benzene rings is 1. The molecule has 1 atom stereocenters. The molecule has 1 aromatic carbocycles. The van der Waals surface area contributed by atoms with E-state index in [1.165, 1.54) is 5.56 Å². The number of carbonyl (C=O) groups is 1. The van der Waals surface area contributed by atoms with Crippen LogP contribution < -0.4 is 10.6 Å². The van der Waals surface area contributed by atoms with E-state index in [2.05, 4.69) is 22.8 Å². The highest BCUT2D eigenvalue weighted by Gasteiger charge is 2.24. The van der Waals surface area contributed by atoms with Crippen molar-refractivity contribution in [2.75, 3.05) is 26.2 Å². The average molecular weight is 247 g/mol. The molecule has 2 rings (SSSR count). The van der Waals surface area contributed by atoms with Crippen LogP contribution in [-0.4, -0.2) is 43.0 Å². The molecule has 1 aromatic rings. The van der Waals surface area contributed by atoms with Gasteiger partial charge >= 0.3 is 0 Å². The predicted octanol–water partition coefficient (Wildman–Crippen LogP) is 0.597. The number of nitrogens with zero attached hydrogens (tertiary/aromatic N) is 1. The zero-order valence-electron chi connectivity index (χ0n) is 10.9. The molecule has 4 nitrogen and oxygen atoms in total. The standard InChI is InChI=1S/C14H21N3O/c1-2-17(11-12-6-4-3-5-7-12)14(18)13-10-15-8-9-16-13/h3-7,13,15-16H,2,8-11H2,1H3. The fourth-order valence-electron chi connectivity index (χ4n) is 2.20. The molecule has 0 bridgehead atoms. The zero-order valence-corrected chi connectivity index (χ0v) is 10.9. The largest absolute Gasteiger partial charge is 0.337 e. The lowest BCUT2D eigenvalue weighted by atomic mass is 10.1. The number of nitrogens with one attached hydrogen (secondary N) is 2. The first-order valence-corrected chi connectivity index (χ1v) is 6.58. The zero-order chi connectivity index (χ0) is 12.8. The molecule has 1 aliphatic heterocycles. The van der Waals surface area contributed by atoms with Gasteiger partial charge in [0.05, 0.1) is 6.04 Å². The normalized spacial score (nSPS) is 19.5. The summed E-state index contributed by atoms with van der Waals surface area (Å²) in [6.45, 7) is 5.98. The van der Waals surface area contributed by atoms with Crippen LogP contribution in [0.15, 0.2) is 30.3 Å². The Morgan fingerprint density at radius 2 is 2.11 bits per heavy atom. The van der Waals surface area contributed by atoms with Crippen LogP contribution in [0, 0.1) is 0 Å². The molecule has 0 radical (unpaired) electrons. The van der Waals surface area contributed by atoms with Gasteiger partial charge in [-0.1, -0.05) is 30.3 Å². The quantitative estimate of drug-likeness (QED) is 0.819. The first kappa shape index (κ1) is 13.1. The van der Waals surface area contributed by atoms with E-state index < -0.39 is 0 Å². The SMILES string of the molecule is CCN(Cc1ccccc1)C(=O)C1CNCCN1. The molecule has 1 heterocycles. The molecule has 98 valence electrons. The summed E-state index contributed by atoms with van der Waals surface area (Å²) in [5.41, 5.74) is 1.18. The Morgan fingerprint density at radius 1 is 1.33 bits per heavy atom. The molecule has 0 spiro atoms. The monoisotopic (exact) mass is 247 g/mol. The van der Waals surface area contributed by atoms with E-state index in [0.717, 1.165) is 26.2 Å². The third-order valence-corrected chi connectivity index (χ3v) is 3.25. The number of amides is 1. The molecular formula is C14H21N3O. The van der Waals surface area contributed by atoms with Gasteiger partial charge in [0.25, 0.3) is 0 Å². The highest BCUT2D eigenvalue weighted by Crippen LogP contribution is 2.06. The van der Waals surface area contributed by atoms with Crippen LogP contribution in [0.1, 0.15) is 12.5 Å². The number of rotatable bonds is 4. The molecule has 18 heavy (non-hydrogen) atoms. The van der Waals surface area contributed by atoms with Gasteiger partial charge in [0.15, 0.2) is 0 Å². The Bertz CT molecular complexity index is 374. The van der Waals surface area contributed by atoms with Crippen LogP contribution in [0.25, 0.3) is 0 Å². The topological polar surface area (TPSA) is 44.4 Å². The molecule has 1 amide bonds.